The van der Waals surface area contributed by atoms with Crippen LogP contribution in [0, 0.1) is 0 Å². The Kier molecular flexibility index (Phi) is 10.0. The smallest absolute Gasteiger partial charge is 0.0755 e. The van der Waals surface area contributed by atoms with Gasteiger partial charge in [-0.25, -0.2) is 0 Å². The van der Waals surface area contributed by atoms with Crippen LogP contribution < -0.4 is 4.90 Å². The molecule has 0 saturated carbocycles. The molecule has 0 saturated heterocycles. The van der Waals surface area contributed by atoms with Crippen LogP contribution in [-0.2, 0) is 10.8 Å². The number of fused-ring (bicyclic) bond motifs is 20. The average Bonchev–Trinajstić information content (AvgIpc) is 1.58. The third kappa shape index (κ3) is 6.39. The molecular formula is C84H53N3. The second kappa shape index (κ2) is 18.1. The van der Waals surface area contributed by atoms with E-state index in [1.165, 1.54) is 127 Å². The summed E-state index contributed by atoms with van der Waals surface area (Å²) in [5, 5.41) is 7.45. The molecule has 1 atom stereocenters. The molecule has 404 valence electrons. The van der Waals surface area contributed by atoms with Crippen molar-refractivity contribution < 1.29 is 0 Å². The van der Waals surface area contributed by atoms with E-state index in [4.69, 9.17) is 0 Å². The van der Waals surface area contributed by atoms with Crippen LogP contribution in [0.15, 0.2) is 322 Å². The van der Waals surface area contributed by atoms with Gasteiger partial charge in [0.15, 0.2) is 0 Å². The molecule has 1 spiro atoms. The molecule has 3 aliphatic rings. The molecule has 0 fully saturated rings. The first-order valence-electron chi connectivity index (χ1n) is 30.3. The van der Waals surface area contributed by atoms with E-state index in [0.717, 1.165) is 33.9 Å². The summed E-state index contributed by atoms with van der Waals surface area (Å²) in [5.41, 5.74) is 26.8. The molecule has 87 heavy (non-hydrogen) atoms. The standard InChI is InChI=1S/C84H53N3/c1-3-24-56(25-4-1)83(57-26-5-2-6-27-57)71-38-15-10-35-69(71)81-67-34-8-7-32-65(67)80(53-75(81)83)85(58-47-45-54(46-48-58)55-23-21-28-59(51-55)86-76-41-17-11-30-63(76)64-31-12-18-42-77(64)86)60-49-50-62-61-29-9-14-37-70(61)84(74(62)52-60)72-39-16-20-44-79(72)87-78-43-19-13-33-66(78)68-36-22-40-73(84)82(68)87/h1-53H. The highest BCUT2D eigenvalue weighted by Gasteiger charge is 2.52. The van der Waals surface area contributed by atoms with Crippen molar-refractivity contribution in [2.45, 2.75) is 10.8 Å². The topological polar surface area (TPSA) is 13.1 Å². The highest BCUT2D eigenvalue weighted by Crippen LogP contribution is 2.63. The van der Waals surface area contributed by atoms with Crippen LogP contribution in [0.3, 0.4) is 0 Å². The SMILES string of the molecule is c1ccc(C2(c3ccccc3)c3ccccc3-c3c2cc(N(c2ccc(-c4cccc(-n5c6ccccc6c6ccccc65)c4)cc2)c2ccc4c(c2)C2(c5ccccc5-4)c4ccccc4-n4c5ccccc5c5cccc2c54)c2ccccc32)cc1. The molecule has 14 aromatic carbocycles. The second-order valence-electron chi connectivity index (χ2n) is 23.8. The summed E-state index contributed by atoms with van der Waals surface area (Å²) in [7, 11) is 0. The van der Waals surface area contributed by atoms with Crippen LogP contribution >= 0.6 is 0 Å². The highest BCUT2D eigenvalue weighted by atomic mass is 15.1. The maximum absolute atomic E-state index is 2.58. The Labute approximate surface area is 504 Å². The fourth-order valence-electron chi connectivity index (χ4n) is 16.4. The Morgan fingerprint density at radius 3 is 1.47 bits per heavy atom. The summed E-state index contributed by atoms with van der Waals surface area (Å²) in [5.74, 6) is 0. The molecule has 19 rings (SSSR count). The summed E-state index contributed by atoms with van der Waals surface area (Å²) in [6.07, 6.45) is 0. The summed E-state index contributed by atoms with van der Waals surface area (Å²) in [6, 6.07) is 121. The van der Waals surface area contributed by atoms with E-state index in [-0.39, 0.29) is 0 Å². The van der Waals surface area contributed by atoms with Crippen LogP contribution in [0.5, 0.6) is 0 Å². The van der Waals surface area contributed by atoms with Gasteiger partial charge in [-0.1, -0.05) is 255 Å². The zero-order valence-electron chi connectivity index (χ0n) is 47.4. The van der Waals surface area contributed by atoms with Crippen molar-refractivity contribution >= 4 is 71.4 Å². The van der Waals surface area contributed by atoms with Gasteiger partial charge in [0.2, 0.25) is 0 Å². The van der Waals surface area contributed by atoms with Gasteiger partial charge in [-0.05, 0) is 150 Å². The summed E-state index contributed by atoms with van der Waals surface area (Å²) in [6.45, 7) is 0. The molecule has 1 unspecified atom stereocenters. The molecule has 0 radical (unpaired) electrons. The minimum Gasteiger partial charge on any atom is -0.310 e. The number of rotatable bonds is 7. The Bertz CT molecular complexity index is 5440. The fourth-order valence-corrected chi connectivity index (χ4v) is 16.4. The van der Waals surface area contributed by atoms with Crippen molar-refractivity contribution in [3.63, 3.8) is 0 Å². The van der Waals surface area contributed by atoms with Gasteiger partial charge >= 0.3 is 0 Å². The number of anilines is 3. The fraction of sp³-hybridized carbons (Fsp3) is 0.0238. The molecule has 0 bridgehead atoms. The summed E-state index contributed by atoms with van der Waals surface area (Å²) >= 11 is 0. The van der Waals surface area contributed by atoms with Gasteiger partial charge in [0.1, 0.15) is 0 Å². The highest BCUT2D eigenvalue weighted by molar-refractivity contribution is 6.14. The minimum absolute atomic E-state index is 0.628. The number of hydrogen-bond donors (Lipinski definition) is 0. The first-order valence-corrected chi connectivity index (χ1v) is 30.3. The van der Waals surface area contributed by atoms with Gasteiger partial charge < -0.3 is 14.0 Å². The van der Waals surface area contributed by atoms with Crippen molar-refractivity contribution in [2.75, 3.05) is 4.90 Å². The number of nitrogens with zero attached hydrogens (tertiary/aromatic N) is 3. The normalized spacial score (nSPS) is 14.8. The van der Waals surface area contributed by atoms with Crippen molar-refractivity contribution in [3.8, 4) is 44.8 Å². The molecule has 3 nitrogen and oxygen atoms in total. The largest absolute Gasteiger partial charge is 0.310 e. The maximum Gasteiger partial charge on any atom is 0.0755 e. The van der Waals surface area contributed by atoms with E-state index in [2.05, 4.69) is 336 Å². The Hall–Kier alpha value is -11.3. The molecule has 3 heteroatoms. The van der Waals surface area contributed by atoms with Gasteiger partial charge in [-0.15, -0.1) is 0 Å². The number of benzene rings is 14. The lowest BCUT2D eigenvalue weighted by Crippen LogP contribution is -2.33. The number of aromatic nitrogens is 2. The van der Waals surface area contributed by atoms with Gasteiger partial charge in [0.25, 0.3) is 0 Å². The molecule has 3 heterocycles. The van der Waals surface area contributed by atoms with E-state index < -0.39 is 10.8 Å². The minimum atomic E-state index is -0.642. The zero-order chi connectivity index (χ0) is 57.0. The molecule has 0 N–H and O–H groups in total. The predicted octanol–water partition coefficient (Wildman–Crippen LogP) is 21.2. The van der Waals surface area contributed by atoms with Crippen LogP contribution in [0.2, 0.25) is 0 Å². The molecule has 0 amide bonds. The average molecular weight is 1100 g/mol. The third-order valence-electron chi connectivity index (χ3n) is 19.8. The lowest BCUT2D eigenvalue weighted by molar-refractivity contribution is 0.748. The van der Waals surface area contributed by atoms with Crippen LogP contribution in [0.25, 0.3) is 99.1 Å². The van der Waals surface area contributed by atoms with Crippen molar-refractivity contribution in [1.29, 1.82) is 0 Å². The van der Waals surface area contributed by atoms with Crippen molar-refractivity contribution in [2.24, 2.45) is 0 Å². The second-order valence-corrected chi connectivity index (χ2v) is 23.8. The van der Waals surface area contributed by atoms with Gasteiger partial charge in [0, 0.05) is 44.0 Å². The maximum atomic E-state index is 2.58. The van der Waals surface area contributed by atoms with Crippen molar-refractivity contribution in [3.05, 3.63) is 366 Å². The predicted molar refractivity (Wildman–Crippen MR) is 361 cm³/mol. The Balaban J connectivity index is 0.882. The monoisotopic (exact) mass is 1100 g/mol. The Morgan fingerprint density at radius 1 is 0.264 bits per heavy atom. The zero-order valence-corrected chi connectivity index (χ0v) is 47.4. The van der Waals surface area contributed by atoms with E-state index in [1.807, 2.05) is 0 Å². The lowest BCUT2D eigenvalue weighted by atomic mass is 9.65. The van der Waals surface area contributed by atoms with E-state index in [1.54, 1.807) is 0 Å². The summed E-state index contributed by atoms with van der Waals surface area (Å²) in [4.78, 5) is 2.58. The van der Waals surface area contributed by atoms with Crippen LogP contribution in [0.4, 0.5) is 17.1 Å². The summed E-state index contributed by atoms with van der Waals surface area (Å²) < 4.78 is 4.95. The van der Waals surface area contributed by atoms with E-state index >= 15 is 0 Å². The van der Waals surface area contributed by atoms with Gasteiger partial charge in [0.05, 0.1) is 44.3 Å². The van der Waals surface area contributed by atoms with Gasteiger partial charge in [-0.3, -0.25) is 0 Å². The molecular weight excluding hydrogens is 1050 g/mol. The van der Waals surface area contributed by atoms with Crippen LogP contribution in [0.1, 0.15) is 44.5 Å². The molecule has 16 aromatic rings. The third-order valence-corrected chi connectivity index (χ3v) is 19.8. The number of para-hydroxylation sites is 5. The molecule has 1 aliphatic heterocycles. The van der Waals surface area contributed by atoms with E-state index in [9.17, 15) is 0 Å². The van der Waals surface area contributed by atoms with Gasteiger partial charge in [-0.2, -0.15) is 0 Å². The molecule has 2 aliphatic carbocycles. The molecule has 2 aromatic heterocycles. The lowest BCUT2D eigenvalue weighted by Gasteiger charge is -2.40. The van der Waals surface area contributed by atoms with Crippen LogP contribution in [-0.4, -0.2) is 9.13 Å². The number of hydrogen-bond acceptors (Lipinski definition) is 1. The first kappa shape index (κ1) is 48.1. The van der Waals surface area contributed by atoms with Crippen molar-refractivity contribution in [1.82, 2.24) is 9.13 Å². The van der Waals surface area contributed by atoms with E-state index in [0.29, 0.717) is 0 Å². The quantitative estimate of drug-likeness (QED) is 0.155. The first-order chi connectivity index (χ1) is 43.2. The Morgan fingerprint density at radius 2 is 0.770 bits per heavy atom.